The molecule has 1 fully saturated rings. The van der Waals surface area contributed by atoms with Crippen molar-refractivity contribution in [1.82, 2.24) is 0 Å². The fourth-order valence-corrected chi connectivity index (χ4v) is 4.72. The summed E-state index contributed by atoms with van der Waals surface area (Å²) in [6, 6.07) is 17.5. The largest absolute Gasteiger partial charge is 0.493 e. The molecule has 0 bridgehead atoms. The van der Waals surface area contributed by atoms with Gasteiger partial charge in [0, 0.05) is 5.56 Å². The van der Waals surface area contributed by atoms with Crippen molar-refractivity contribution >= 4 is 0 Å². The van der Waals surface area contributed by atoms with Crippen LogP contribution >= 0.6 is 0 Å². The van der Waals surface area contributed by atoms with Crippen LogP contribution in [0.4, 0.5) is 0 Å². The Kier molecular flexibility index (Phi) is 7.97. The van der Waals surface area contributed by atoms with Crippen LogP contribution in [0.25, 0.3) is 0 Å². The van der Waals surface area contributed by atoms with Gasteiger partial charge in [-0.05, 0) is 63.5 Å². The van der Waals surface area contributed by atoms with Crippen LogP contribution in [0.5, 0.6) is 5.75 Å². The van der Waals surface area contributed by atoms with Crippen LogP contribution in [0.1, 0.15) is 61.6 Å². The van der Waals surface area contributed by atoms with E-state index < -0.39 is 0 Å². The number of rotatable bonds is 8. The van der Waals surface area contributed by atoms with Crippen LogP contribution in [0.15, 0.2) is 48.5 Å². The molecule has 0 atom stereocenters. The van der Waals surface area contributed by atoms with Crippen LogP contribution in [0.2, 0.25) is 0 Å². The maximum Gasteiger partial charge on any atom is 0.125 e. The topological polar surface area (TPSA) is 9.23 Å². The summed E-state index contributed by atoms with van der Waals surface area (Å²) in [5, 5.41) is 0. The highest BCUT2D eigenvalue weighted by atomic mass is 16.5. The molecule has 1 aliphatic rings. The molecule has 2 aromatic carbocycles. The molecule has 2 heteroatoms. The van der Waals surface area contributed by atoms with Crippen molar-refractivity contribution in [2.75, 3.05) is 26.2 Å². The Morgan fingerprint density at radius 2 is 1.39 bits per heavy atom. The summed E-state index contributed by atoms with van der Waals surface area (Å²) in [6.45, 7) is 10.3. The number of likely N-dealkylation sites (tertiary alicyclic amines) is 1. The van der Waals surface area contributed by atoms with Crippen molar-refractivity contribution in [3.63, 3.8) is 0 Å². The van der Waals surface area contributed by atoms with Crippen molar-refractivity contribution in [2.45, 2.75) is 65.3 Å². The fourth-order valence-electron chi connectivity index (χ4n) is 4.72. The Morgan fingerprint density at radius 1 is 0.750 bits per heavy atom. The molecule has 0 unspecified atom stereocenters. The van der Waals surface area contributed by atoms with Gasteiger partial charge in [-0.3, -0.25) is 0 Å². The van der Waals surface area contributed by atoms with Crippen molar-refractivity contribution in [2.24, 2.45) is 0 Å². The normalized spacial score (nSPS) is 16.9. The van der Waals surface area contributed by atoms with E-state index in [4.69, 9.17) is 4.74 Å². The second-order valence-corrected chi connectivity index (χ2v) is 8.70. The molecule has 0 aliphatic carbocycles. The maximum absolute atomic E-state index is 6.15. The highest BCUT2D eigenvalue weighted by molar-refractivity contribution is 5.39. The Labute approximate surface area is 172 Å². The number of benzene rings is 2. The van der Waals surface area contributed by atoms with Crippen LogP contribution in [0.3, 0.4) is 0 Å². The van der Waals surface area contributed by atoms with Crippen molar-refractivity contribution < 1.29 is 9.22 Å². The van der Waals surface area contributed by atoms with Crippen LogP contribution < -0.4 is 4.74 Å². The van der Waals surface area contributed by atoms with Gasteiger partial charge in [0.2, 0.25) is 0 Å². The molecule has 0 N–H and O–H groups in total. The molecule has 1 heterocycles. The van der Waals surface area contributed by atoms with Crippen LogP contribution in [0, 0.1) is 13.8 Å². The minimum Gasteiger partial charge on any atom is -0.493 e. The molecule has 28 heavy (non-hydrogen) atoms. The molecular formula is C26H38NO+. The summed E-state index contributed by atoms with van der Waals surface area (Å²) >= 11 is 0. The van der Waals surface area contributed by atoms with E-state index in [2.05, 4.69) is 62.4 Å². The lowest BCUT2D eigenvalue weighted by Gasteiger charge is -2.40. The third-order valence-corrected chi connectivity index (χ3v) is 6.31. The summed E-state index contributed by atoms with van der Waals surface area (Å²) in [4.78, 5) is 0. The lowest BCUT2D eigenvalue weighted by atomic mass is 10.0. The first-order valence-electron chi connectivity index (χ1n) is 11.3. The Hall–Kier alpha value is -1.80. The van der Waals surface area contributed by atoms with Crippen LogP contribution in [-0.4, -0.2) is 30.7 Å². The van der Waals surface area contributed by atoms with E-state index in [1.807, 2.05) is 0 Å². The molecule has 0 radical (unpaired) electrons. The molecule has 0 saturated carbocycles. The van der Waals surface area contributed by atoms with E-state index in [0.717, 1.165) is 18.8 Å². The molecule has 1 saturated heterocycles. The molecule has 3 rings (SSSR count). The monoisotopic (exact) mass is 380 g/mol. The van der Waals surface area contributed by atoms with Gasteiger partial charge in [0.1, 0.15) is 12.3 Å². The number of nitrogens with zero attached hydrogens (tertiary/aromatic N) is 1. The maximum atomic E-state index is 6.15. The van der Waals surface area contributed by atoms with Gasteiger partial charge in [0.05, 0.1) is 26.2 Å². The number of ether oxygens (including phenoxy) is 1. The standard InChI is InChI=1S/C26H38NO/c1-23-14-13-15-24(2)26(23)28-21-12-11-20-27(18-9-4-3-5-10-19-27)22-25-16-7-6-8-17-25/h6-8,13-17H,3-5,9-12,18-22H2,1-2H3/q+1. The summed E-state index contributed by atoms with van der Waals surface area (Å²) < 4.78 is 7.42. The number of hydrogen-bond donors (Lipinski definition) is 0. The summed E-state index contributed by atoms with van der Waals surface area (Å²) in [7, 11) is 0. The zero-order valence-electron chi connectivity index (χ0n) is 18.0. The third-order valence-electron chi connectivity index (χ3n) is 6.31. The zero-order chi connectivity index (χ0) is 19.7. The van der Waals surface area contributed by atoms with Gasteiger partial charge in [-0.2, -0.15) is 0 Å². The quantitative estimate of drug-likeness (QED) is 0.378. The van der Waals surface area contributed by atoms with E-state index in [9.17, 15) is 0 Å². The molecular weight excluding hydrogens is 342 g/mol. The Bertz CT molecular complexity index is 681. The van der Waals surface area contributed by atoms with Crippen molar-refractivity contribution in [3.8, 4) is 5.75 Å². The average Bonchev–Trinajstić information content (AvgIpc) is 2.67. The molecule has 0 aromatic heterocycles. The lowest BCUT2D eigenvalue weighted by Crippen LogP contribution is -2.49. The first-order valence-corrected chi connectivity index (χ1v) is 11.3. The van der Waals surface area contributed by atoms with E-state index in [1.165, 1.54) is 85.9 Å². The SMILES string of the molecule is Cc1cccc(C)c1OCCCC[N+]1(Cc2ccccc2)CCCCCCC1. The van der Waals surface area contributed by atoms with E-state index in [1.54, 1.807) is 0 Å². The Morgan fingerprint density at radius 3 is 2.07 bits per heavy atom. The predicted molar refractivity (Wildman–Crippen MR) is 119 cm³/mol. The van der Waals surface area contributed by atoms with Gasteiger partial charge in [-0.25, -0.2) is 0 Å². The summed E-state index contributed by atoms with van der Waals surface area (Å²) in [5.41, 5.74) is 3.99. The van der Waals surface area contributed by atoms with Gasteiger partial charge in [0.25, 0.3) is 0 Å². The molecule has 2 aromatic rings. The van der Waals surface area contributed by atoms with E-state index in [-0.39, 0.29) is 0 Å². The Balaban J connectivity index is 1.55. The van der Waals surface area contributed by atoms with Gasteiger partial charge >= 0.3 is 0 Å². The average molecular weight is 381 g/mol. The molecule has 1 aliphatic heterocycles. The van der Waals surface area contributed by atoms with Gasteiger partial charge in [0.15, 0.2) is 0 Å². The molecule has 2 nitrogen and oxygen atoms in total. The first kappa shape index (κ1) is 20.9. The van der Waals surface area contributed by atoms with Crippen LogP contribution in [-0.2, 0) is 6.54 Å². The van der Waals surface area contributed by atoms with E-state index >= 15 is 0 Å². The smallest absolute Gasteiger partial charge is 0.125 e. The lowest BCUT2D eigenvalue weighted by molar-refractivity contribution is -0.942. The number of hydrogen-bond acceptors (Lipinski definition) is 1. The van der Waals surface area contributed by atoms with Gasteiger partial charge < -0.3 is 9.22 Å². The van der Waals surface area contributed by atoms with Crippen molar-refractivity contribution in [1.29, 1.82) is 0 Å². The minimum absolute atomic E-state index is 0.830. The second-order valence-electron chi connectivity index (χ2n) is 8.70. The third kappa shape index (κ3) is 6.10. The number of unbranched alkanes of at least 4 members (excludes halogenated alkanes) is 1. The predicted octanol–water partition coefficient (Wildman–Crippen LogP) is 6.44. The zero-order valence-corrected chi connectivity index (χ0v) is 18.0. The first-order chi connectivity index (χ1) is 13.7. The fraction of sp³-hybridized carbons (Fsp3) is 0.538. The van der Waals surface area contributed by atoms with Crippen molar-refractivity contribution in [3.05, 3.63) is 65.2 Å². The number of quaternary nitrogens is 1. The number of para-hydroxylation sites is 1. The highest BCUT2D eigenvalue weighted by Crippen LogP contribution is 2.24. The summed E-state index contributed by atoms with van der Waals surface area (Å²) in [5.74, 6) is 1.09. The second kappa shape index (κ2) is 10.7. The molecule has 0 amide bonds. The number of aryl methyl sites for hydroxylation is 2. The minimum atomic E-state index is 0.830. The van der Waals surface area contributed by atoms with Gasteiger partial charge in [-0.15, -0.1) is 0 Å². The van der Waals surface area contributed by atoms with E-state index in [0.29, 0.717) is 0 Å². The molecule has 0 spiro atoms. The van der Waals surface area contributed by atoms with Gasteiger partial charge in [-0.1, -0.05) is 55.0 Å². The summed E-state index contributed by atoms with van der Waals surface area (Å²) in [6.07, 6.45) is 9.39. The highest BCUT2D eigenvalue weighted by Gasteiger charge is 2.27. The molecule has 152 valence electrons.